The molecule has 6 nitrogen and oxygen atoms in total. The average Bonchev–Trinajstić information content (AvgIpc) is 2.77. The van der Waals surface area contributed by atoms with Crippen LogP contribution in [0.2, 0.25) is 0 Å². The summed E-state index contributed by atoms with van der Waals surface area (Å²) in [7, 11) is 0. The summed E-state index contributed by atoms with van der Waals surface area (Å²) in [5, 5.41) is 14.5. The molecular formula is C13H15BrN2O4. The third-order valence-corrected chi connectivity index (χ3v) is 3.65. The molecular weight excluding hydrogens is 328 g/mol. The van der Waals surface area contributed by atoms with Crippen LogP contribution < -0.4 is 10.6 Å². The number of hydrogen-bond donors (Lipinski definition) is 3. The van der Waals surface area contributed by atoms with Crippen LogP contribution in [0.5, 0.6) is 0 Å². The smallest absolute Gasteiger partial charge is 0.337 e. The Balaban J connectivity index is 2.06. The molecule has 3 N–H and O–H groups in total. The molecule has 2 rings (SSSR count). The average molecular weight is 343 g/mol. The molecule has 0 aromatic heterocycles. The van der Waals surface area contributed by atoms with Crippen molar-refractivity contribution in [3.8, 4) is 0 Å². The Hall–Kier alpha value is -1.60. The summed E-state index contributed by atoms with van der Waals surface area (Å²) < 4.78 is 5.99. The van der Waals surface area contributed by atoms with Crippen LogP contribution in [0.3, 0.4) is 0 Å². The first kappa shape index (κ1) is 14.8. The minimum atomic E-state index is -1.10. The summed E-state index contributed by atoms with van der Waals surface area (Å²) in [5.41, 5.74) is 0.287. The van der Waals surface area contributed by atoms with E-state index in [4.69, 9.17) is 9.84 Å². The van der Waals surface area contributed by atoms with Crippen LogP contribution in [0.1, 0.15) is 23.7 Å². The van der Waals surface area contributed by atoms with E-state index in [1.54, 1.807) is 12.1 Å². The zero-order valence-electron chi connectivity index (χ0n) is 10.9. The Morgan fingerprint density at radius 3 is 2.80 bits per heavy atom. The molecule has 0 spiro atoms. The largest absolute Gasteiger partial charge is 0.478 e. The lowest BCUT2D eigenvalue weighted by Crippen LogP contribution is -2.41. The van der Waals surface area contributed by atoms with E-state index in [1.165, 1.54) is 6.07 Å². The summed E-state index contributed by atoms with van der Waals surface area (Å²) in [5.74, 6) is -1.10. The number of hydrogen-bond acceptors (Lipinski definition) is 3. The molecule has 1 aliphatic heterocycles. The van der Waals surface area contributed by atoms with Crippen molar-refractivity contribution in [1.29, 1.82) is 0 Å². The first-order valence-corrected chi connectivity index (χ1v) is 6.98. The number of nitrogens with one attached hydrogen (secondary N) is 2. The van der Waals surface area contributed by atoms with E-state index in [1.807, 2.05) is 6.92 Å². The monoisotopic (exact) mass is 342 g/mol. The van der Waals surface area contributed by atoms with Crippen molar-refractivity contribution in [2.45, 2.75) is 25.5 Å². The van der Waals surface area contributed by atoms with Crippen LogP contribution >= 0.6 is 15.9 Å². The summed E-state index contributed by atoms with van der Waals surface area (Å²) in [6, 6.07) is 4.17. The molecule has 2 atom stereocenters. The van der Waals surface area contributed by atoms with Gasteiger partial charge in [0.15, 0.2) is 0 Å². The quantitative estimate of drug-likeness (QED) is 0.787. The lowest BCUT2D eigenvalue weighted by Gasteiger charge is -2.17. The van der Waals surface area contributed by atoms with E-state index in [9.17, 15) is 9.59 Å². The number of aromatic carboxylic acids is 1. The first-order valence-electron chi connectivity index (χ1n) is 6.19. The predicted octanol–water partition coefficient (Wildman–Crippen LogP) is 2.45. The maximum absolute atomic E-state index is 11.9. The Labute approximate surface area is 124 Å². The molecule has 0 saturated carbocycles. The molecule has 1 saturated heterocycles. The Kier molecular flexibility index (Phi) is 4.61. The molecule has 1 aliphatic rings. The van der Waals surface area contributed by atoms with Crippen molar-refractivity contribution in [2.24, 2.45) is 0 Å². The van der Waals surface area contributed by atoms with Crippen molar-refractivity contribution in [2.75, 3.05) is 11.9 Å². The van der Waals surface area contributed by atoms with E-state index in [2.05, 4.69) is 26.6 Å². The van der Waals surface area contributed by atoms with Gasteiger partial charge in [0, 0.05) is 11.1 Å². The minimum Gasteiger partial charge on any atom is -0.478 e. The number of urea groups is 1. The van der Waals surface area contributed by atoms with Gasteiger partial charge in [-0.05, 0) is 31.5 Å². The minimum absolute atomic E-state index is 0.0326. The van der Waals surface area contributed by atoms with Gasteiger partial charge in [-0.15, -0.1) is 0 Å². The third kappa shape index (κ3) is 3.49. The van der Waals surface area contributed by atoms with Crippen molar-refractivity contribution in [1.82, 2.24) is 5.32 Å². The second-order valence-corrected chi connectivity index (χ2v) is 5.48. The number of carbonyl (C=O) groups is 2. The van der Waals surface area contributed by atoms with Gasteiger partial charge in [0.05, 0.1) is 23.4 Å². The summed E-state index contributed by atoms with van der Waals surface area (Å²) in [4.78, 5) is 23.0. The predicted molar refractivity (Wildman–Crippen MR) is 77.1 cm³/mol. The number of rotatable bonds is 3. The van der Waals surface area contributed by atoms with Gasteiger partial charge in [0.2, 0.25) is 0 Å². The number of carbonyl (C=O) groups excluding carboxylic acids is 1. The van der Waals surface area contributed by atoms with Crippen molar-refractivity contribution in [3.63, 3.8) is 0 Å². The summed E-state index contributed by atoms with van der Waals surface area (Å²) in [6.07, 6.45) is 0.713. The van der Waals surface area contributed by atoms with Gasteiger partial charge >= 0.3 is 12.0 Å². The van der Waals surface area contributed by atoms with Crippen LogP contribution in [0, 0.1) is 0 Å². The highest BCUT2D eigenvalue weighted by Gasteiger charge is 2.26. The van der Waals surface area contributed by atoms with E-state index >= 15 is 0 Å². The van der Waals surface area contributed by atoms with Crippen LogP contribution in [0.4, 0.5) is 10.5 Å². The zero-order chi connectivity index (χ0) is 14.7. The summed E-state index contributed by atoms with van der Waals surface area (Å²) >= 11 is 3.20. The highest BCUT2D eigenvalue weighted by molar-refractivity contribution is 9.10. The fraction of sp³-hybridized carbons (Fsp3) is 0.385. The third-order valence-electron chi connectivity index (χ3n) is 3.15. The van der Waals surface area contributed by atoms with Gasteiger partial charge in [-0.2, -0.15) is 0 Å². The molecule has 2 unspecified atom stereocenters. The standard InChI is InChI=1S/C13H15BrN2O4/c1-7-10(4-5-20-7)15-13(19)16-11-3-2-8(14)6-9(11)12(17)18/h2-3,6-7,10H,4-5H2,1H3,(H,17,18)(H2,15,16,19). The SMILES string of the molecule is CC1OCCC1NC(=O)Nc1ccc(Br)cc1C(=O)O. The van der Waals surface area contributed by atoms with Crippen molar-refractivity contribution in [3.05, 3.63) is 28.2 Å². The maximum Gasteiger partial charge on any atom is 0.337 e. The highest BCUT2D eigenvalue weighted by atomic mass is 79.9. The van der Waals surface area contributed by atoms with E-state index in [0.717, 1.165) is 6.42 Å². The van der Waals surface area contributed by atoms with E-state index in [0.29, 0.717) is 11.1 Å². The molecule has 1 fully saturated rings. The number of carboxylic acids is 1. The normalized spacial score (nSPS) is 21.5. The molecule has 1 aromatic carbocycles. The van der Waals surface area contributed by atoms with Gasteiger partial charge in [-0.25, -0.2) is 9.59 Å². The van der Waals surface area contributed by atoms with Crippen LogP contribution in [0.15, 0.2) is 22.7 Å². The van der Waals surface area contributed by atoms with Crippen molar-refractivity contribution < 1.29 is 19.4 Å². The lowest BCUT2D eigenvalue weighted by atomic mass is 10.1. The highest BCUT2D eigenvalue weighted by Crippen LogP contribution is 2.21. The first-order chi connectivity index (χ1) is 9.47. The molecule has 1 aromatic rings. The Bertz CT molecular complexity index is 535. The molecule has 0 bridgehead atoms. The number of halogens is 1. The van der Waals surface area contributed by atoms with Gasteiger partial charge in [0.25, 0.3) is 0 Å². The second kappa shape index (κ2) is 6.23. The number of benzene rings is 1. The molecule has 7 heteroatoms. The van der Waals surface area contributed by atoms with Gasteiger partial charge in [0.1, 0.15) is 0 Å². The molecule has 108 valence electrons. The zero-order valence-corrected chi connectivity index (χ0v) is 12.4. The number of carboxylic acid groups (broad SMARTS) is 1. The van der Waals surface area contributed by atoms with Gasteiger partial charge < -0.3 is 20.5 Å². The van der Waals surface area contributed by atoms with Gasteiger partial charge in [-0.1, -0.05) is 15.9 Å². The molecule has 0 aliphatic carbocycles. The van der Waals surface area contributed by atoms with E-state index in [-0.39, 0.29) is 23.4 Å². The summed E-state index contributed by atoms with van der Waals surface area (Å²) in [6.45, 7) is 2.50. The molecule has 1 heterocycles. The Morgan fingerprint density at radius 2 is 2.20 bits per heavy atom. The van der Waals surface area contributed by atoms with Gasteiger partial charge in [-0.3, -0.25) is 0 Å². The number of ether oxygens (including phenoxy) is 1. The number of anilines is 1. The van der Waals surface area contributed by atoms with Crippen molar-refractivity contribution >= 4 is 33.6 Å². The molecule has 0 radical (unpaired) electrons. The fourth-order valence-electron chi connectivity index (χ4n) is 2.05. The maximum atomic E-state index is 11.9. The second-order valence-electron chi connectivity index (χ2n) is 4.56. The Morgan fingerprint density at radius 1 is 1.45 bits per heavy atom. The topological polar surface area (TPSA) is 87.7 Å². The van der Waals surface area contributed by atoms with E-state index < -0.39 is 12.0 Å². The fourth-order valence-corrected chi connectivity index (χ4v) is 2.41. The lowest BCUT2D eigenvalue weighted by molar-refractivity contribution is 0.0698. The van der Waals surface area contributed by atoms with Crippen LogP contribution in [-0.4, -0.2) is 35.9 Å². The molecule has 20 heavy (non-hydrogen) atoms. The molecule has 2 amide bonds. The van der Waals surface area contributed by atoms with Crippen LogP contribution in [-0.2, 0) is 4.74 Å². The van der Waals surface area contributed by atoms with Crippen LogP contribution in [0.25, 0.3) is 0 Å². The number of amides is 2.